The first-order chi connectivity index (χ1) is 7.37. The van der Waals surface area contributed by atoms with Crippen LogP contribution in [0.15, 0.2) is 12.7 Å². The van der Waals surface area contributed by atoms with Crippen LogP contribution in [-0.4, -0.2) is 14.3 Å². The molecule has 0 spiro atoms. The number of carbonyl (C=O) groups is 1. The second-order valence-electron chi connectivity index (χ2n) is 5.01. The maximum atomic E-state index is 12.1. The highest BCUT2D eigenvalue weighted by Crippen LogP contribution is 2.29. The quantitative estimate of drug-likeness (QED) is 0.495. The Morgan fingerprint density at radius 1 is 1.25 bits per heavy atom. The zero-order valence-corrected chi connectivity index (χ0v) is 12.4. The average molecular weight is 242 g/mol. The summed E-state index contributed by atoms with van der Waals surface area (Å²) < 4.78 is 5.86. The second-order valence-corrected chi connectivity index (χ2v) is 9.70. The van der Waals surface area contributed by atoms with Crippen molar-refractivity contribution in [2.75, 3.05) is 0 Å². The van der Waals surface area contributed by atoms with E-state index in [1.54, 1.807) is 6.08 Å². The summed E-state index contributed by atoms with van der Waals surface area (Å²) in [6.07, 6.45) is 2.46. The third kappa shape index (κ3) is 3.78. The summed E-state index contributed by atoms with van der Waals surface area (Å²) in [6, 6.07) is 3.03. The van der Waals surface area contributed by atoms with Crippen molar-refractivity contribution < 1.29 is 9.22 Å². The molecule has 0 saturated heterocycles. The standard InChI is InChI=1S/C13H26O2Si/c1-7-11-13(5,6)12(14)15-16(8-2,9-3)10-4/h7H,1,8-11H2,2-6H3. The Morgan fingerprint density at radius 3 is 2.00 bits per heavy atom. The highest BCUT2D eigenvalue weighted by Gasteiger charge is 2.37. The van der Waals surface area contributed by atoms with Gasteiger partial charge in [0.05, 0.1) is 5.41 Å². The Labute approximate surface area is 101 Å². The zero-order chi connectivity index (χ0) is 12.8. The van der Waals surface area contributed by atoms with Gasteiger partial charge in [-0.1, -0.05) is 26.8 Å². The molecule has 0 fully saturated rings. The molecule has 0 aliphatic heterocycles. The fraction of sp³-hybridized carbons (Fsp3) is 0.769. The number of carbonyl (C=O) groups excluding carboxylic acids is 1. The van der Waals surface area contributed by atoms with E-state index in [9.17, 15) is 4.79 Å². The summed E-state index contributed by atoms with van der Waals surface area (Å²) in [5.41, 5.74) is -0.431. The predicted molar refractivity (Wildman–Crippen MR) is 71.9 cm³/mol. The zero-order valence-electron chi connectivity index (χ0n) is 11.4. The minimum absolute atomic E-state index is 0.0513. The molecule has 0 saturated carbocycles. The molecule has 2 nitrogen and oxygen atoms in total. The smallest absolute Gasteiger partial charge is 0.298 e. The summed E-state index contributed by atoms with van der Waals surface area (Å²) in [5.74, 6) is -0.0513. The van der Waals surface area contributed by atoms with E-state index in [0.29, 0.717) is 6.42 Å². The van der Waals surface area contributed by atoms with Gasteiger partial charge in [-0.05, 0) is 38.4 Å². The van der Waals surface area contributed by atoms with E-state index in [1.807, 2.05) is 13.8 Å². The summed E-state index contributed by atoms with van der Waals surface area (Å²) in [6.45, 7) is 13.9. The van der Waals surface area contributed by atoms with E-state index in [0.717, 1.165) is 18.1 Å². The maximum Gasteiger partial charge on any atom is 0.298 e. The lowest BCUT2D eigenvalue weighted by Gasteiger charge is -2.32. The van der Waals surface area contributed by atoms with Crippen molar-refractivity contribution in [3.05, 3.63) is 12.7 Å². The molecule has 0 radical (unpaired) electrons. The third-order valence-electron chi connectivity index (χ3n) is 3.45. The van der Waals surface area contributed by atoms with Crippen molar-refractivity contribution >= 4 is 14.3 Å². The topological polar surface area (TPSA) is 26.3 Å². The number of allylic oxidation sites excluding steroid dienone is 1. The maximum absolute atomic E-state index is 12.1. The lowest BCUT2D eigenvalue weighted by Crippen LogP contribution is -2.42. The number of hydrogen-bond acceptors (Lipinski definition) is 2. The lowest BCUT2D eigenvalue weighted by atomic mass is 9.90. The third-order valence-corrected chi connectivity index (χ3v) is 7.93. The molecule has 3 heteroatoms. The molecule has 0 unspecified atom stereocenters. The van der Waals surface area contributed by atoms with Crippen LogP contribution in [0.3, 0.4) is 0 Å². The van der Waals surface area contributed by atoms with Gasteiger partial charge < -0.3 is 4.43 Å². The Bertz CT molecular complexity index is 234. The van der Waals surface area contributed by atoms with Crippen LogP contribution in [0.25, 0.3) is 0 Å². The monoisotopic (exact) mass is 242 g/mol. The van der Waals surface area contributed by atoms with E-state index in [1.165, 1.54) is 0 Å². The molecule has 0 aliphatic rings. The molecule has 0 aromatic carbocycles. The number of hydrogen-bond donors (Lipinski definition) is 0. The summed E-state index contributed by atoms with van der Waals surface area (Å²) in [5, 5.41) is 0. The molecule has 0 rings (SSSR count). The molecule has 94 valence electrons. The molecule has 0 amide bonds. The van der Waals surface area contributed by atoms with Crippen LogP contribution < -0.4 is 0 Å². The van der Waals surface area contributed by atoms with E-state index in [4.69, 9.17) is 4.43 Å². The molecule has 0 aromatic heterocycles. The van der Waals surface area contributed by atoms with Gasteiger partial charge in [0, 0.05) is 0 Å². The first kappa shape index (κ1) is 15.4. The molecule has 0 bridgehead atoms. The van der Waals surface area contributed by atoms with E-state index in [-0.39, 0.29) is 5.97 Å². The largest absolute Gasteiger partial charge is 0.519 e. The van der Waals surface area contributed by atoms with Gasteiger partial charge in [-0.3, -0.25) is 4.79 Å². The van der Waals surface area contributed by atoms with E-state index < -0.39 is 13.7 Å². The fourth-order valence-electron chi connectivity index (χ4n) is 1.75. The van der Waals surface area contributed by atoms with Gasteiger partial charge in [-0.2, -0.15) is 0 Å². The molecule has 16 heavy (non-hydrogen) atoms. The number of rotatable bonds is 7. The molecule has 0 N–H and O–H groups in total. The minimum Gasteiger partial charge on any atom is -0.519 e. The van der Waals surface area contributed by atoms with Crippen LogP contribution in [-0.2, 0) is 9.22 Å². The Balaban J connectivity index is 4.69. The SMILES string of the molecule is C=CCC(C)(C)C(=O)O[Si](CC)(CC)CC. The van der Waals surface area contributed by atoms with Crippen molar-refractivity contribution in [1.82, 2.24) is 0 Å². The summed E-state index contributed by atoms with van der Waals surface area (Å²) >= 11 is 0. The van der Waals surface area contributed by atoms with Gasteiger partial charge >= 0.3 is 0 Å². The van der Waals surface area contributed by atoms with Crippen molar-refractivity contribution in [3.8, 4) is 0 Å². The van der Waals surface area contributed by atoms with Gasteiger partial charge in [0.2, 0.25) is 0 Å². The van der Waals surface area contributed by atoms with Crippen molar-refractivity contribution in [2.45, 2.75) is 59.2 Å². The highest BCUT2D eigenvalue weighted by molar-refractivity contribution is 6.75. The summed E-state index contributed by atoms with van der Waals surface area (Å²) in [4.78, 5) is 12.1. The Kier molecular flexibility index (Phi) is 6.01. The van der Waals surface area contributed by atoms with Crippen LogP contribution in [0.1, 0.15) is 41.0 Å². The molecule has 0 aliphatic carbocycles. The van der Waals surface area contributed by atoms with Crippen molar-refractivity contribution in [1.29, 1.82) is 0 Å². The predicted octanol–water partition coefficient (Wildman–Crippen LogP) is 4.14. The summed E-state index contributed by atoms with van der Waals surface area (Å²) in [7, 11) is -1.80. The van der Waals surface area contributed by atoms with Crippen molar-refractivity contribution in [3.63, 3.8) is 0 Å². The molecule has 0 heterocycles. The van der Waals surface area contributed by atoms with Crippen molar-refractivity contribution in [2.24, 2.45) is 5.41 Å². The minimum atomic E-state index is -1.80. The van der Waals surface area contributed by atoms with Crippen LogP contribution in [0.2, 0.25) is 18.1 Å². The highest BCUT2D eigenvalue weighted by atomic mass is 28.4. The van der Waals surface area contributed by atoms with Gasteiger partial charge in [0.15, 0.2) is 0 Å². The molecular weight excluding hydrogens is 216 g/mol. The van der Waals surface area contributed by atoms with Crippen LogP contribution in [0.5, 0.6) is 0 Å². The molecule has 0 atom stereocenters. The van der Waals surface area contributed by atoms with Crippen LogP contribution in [0.4, 0.5) is 0 Å². The van der Waals surface area contributed by atoms with E-state index >= 15 is 0 Å². The molecular formula is C13H26O2Si. The average Bonchev–Trinajstić information content (AvgIpc) is 2.25. The fourth-order valence-corrected chi connectivity index (χ4v) is 4.35. The van der Waals surface area contributed by atoms with Crippen LogP contribution in [0, 0.1) is 5.41 Å². The first-order valence-electron chi connectivity index (χ1n) is 6.21. The second kappa shape index (κ2) is 6.23. The molecule has 0 aromatic rings. The normalized spacial score (nSPS) is 12.3. The van der Waals surface area contributed by atoms with Gasteiger partial charge in [0.1, 0.15) is 0 Å². The first-order valence-corrected chi connectivity index (χ1v) is 8.74. The Morgan fingerprint density at radius 2 is 1.69 bits per heavy atom. The van der Waals surface area contributed by atoms with Gasteiger partial charge in [-0.15, -0.1) is 6.58 Å². The van der Waals surface area contributed by atoms with Gasteiger partial charge in [-0.25, -0.2) is 0 Å². The Hall–Kier alpha value is -0.573. The van der Waals surface area contributed by atoms with Crippen LogP contribution >= 0.6 is 0 Å². The van der Waals surface area contributed by atoms with Gasteiger partial charge in [0.25, 0.3) is 14.3 Å². The van der Waals surface area contributed by atoms with E-state index in [2.05, 4.69) is 27.4 Å². The lowest BCUT2D eigenvalue weighted by molar-refractivity contribution is -0.144.